The number of amides is 2. The van der Waals surface area contributed by atoms with Crippen molar-refractivity contribution >= 4 is 35.0 Å². The molecule has 2 aromatic rings. The van der Waals surface area contributed by atoms with Gasteiger partial charge in [-0.3, -0.25) is 14.4 Å². The number of ketones is 1. The van der Waals surface area contributed by atoms with Crippen LogP contribution in [0, 0.1) is 11.8 Å². The summed E-state index contributed by atoms with van der Waals surface area (Å²) in [7, 11) is 1.30. The summed E-state index contributed by atoms with van der Waals surface area (Å²) in [5.41, 5.74) is 6.80. The molecule has 0 saturated heterocycles. The third kappa shape index (κ3) is 5.25. The molecule has 0 spiro atoms. The maximum Gasteiger partial charge on any atom is 0.336 e. The summed E-state index contributed by atoms with van der Waals surface area (Å²) >= 11 is 0. The minimum absolute atomic E-state index is 0.149. The molecule has 0 saturated carbocycles. The van der Waals surface area contributed by atoms with Gasteiger partial charge in [0.2, 0.25) is 5.91 Å². The molecule has 4 rings (SSSR count). The highest BCUT2D eigenvalue weighted by molar-refractivity contribution is 6.49. The highest BCUT2D eigenvalue weighted by Crippen LogP contribution is 2.39. The van der Waals surface area contributed by atoms with Gasteiger partial charge in [-0.15, -0.1) is 5.92 Å². The number of benzene rings is 2. The van der Waals surface area contributed by atoms with E-state index >= 15 is 0 Å². The predicted molar refractivity (Wildman–Crippen MR) is 142 cm³/mol. The molecule has 38 heavy (non-hydrogen) atoms. The Labute approximate surface area is 220 Å². The predicted octanol–water partition coefficient (Wildman–Crippen LogP) is 2.90. The molecule has 2 heterocycles. The largest absolute Gasteiger partial charge is 0.466 e. The lowest BCUT2D eigenvalue weighted by Gasteiger charge is -2.31. The fourth-order valence-electron chi connectivity index (χ4n) is 4.53. The second-order valence-corrected chi connectivity index (χ2v) is 8.75. The number of hydrogen-bond acceptors (Lipinski definition) is 7. The zero-order valence-electron chi connectivity index (χ0n) is 21.4. The third-order valence-corrected chi connectivity index (χ3v) is 6.19. The van der Waals surface area contributed by atoms with Crippen molar-refractivity contribution in [2.24, 2.45) is 5.10 Å². The van der Waals surface area contributed by atoms with Crippen LogP contribution in [0.2, 0.25) is 0 Å². The number of nitrogens with zero attached hydrogens (tertiary/aromatic N) is 1. The van der Waals surface area contributed by atoms with Gasteiger partial charge in [-0.05, 0) is 50.6 Å². The SMILES string of the molecule is CC#Cc1cccc(C2C(C(=O)Nc3ccc(C4=NNC(=O)CC4=O)cc3)=C(C)NC(C)=C2C(=O)OC)c1. The normalized spacial score (nSPS) is 17.1. The van der Waals surface area contributed by atoms with Crippen molar-refractivity contribution in [3.05, 3.63) is 87.8 Å². The average Bonchev–Trinajstić information content (AvgIpc) is 2.89. The van der Waals surface area contributed by atoms with E-state index in [0.29, 0.717) is 33.8 Å². The number of carbonyl (C=O) groups excluding carboxylic acids is 4. The number of Topliss-reactive ketones (excluding diaryl/α,β-unsaturated/α-hetero) is 1. The van der Waals surface area contributed by atoms with Gasteiger partial charge in [0.05, 0.1) is 25.0 Å². The summed E-state index contributed by atoms with van der Waals surface area (Å²) in [6.45, 7) is 5.28. The van der Waals surface area contributed by atoms with Crippen LogP contribution >= 0.6 is 0 Å². The first-order valence-corrected chi connectivity index (χ1v) is 11.8. The topological polar surface area (TPSA) is 126 Å². The van der Waals surface area contributed by atoms with Gasteiger partial charge in [0, 0.05) is 33.8 Å². The monoisotopic (exact) mass is 510 g/mol. The van der Waals surface area contributed by atoms with Crippen LogP contribution in [0.5, 0.6) is 0 Å². The van der Waals surface area contributed by atoms with Gasteiger partial charge < -0.3 is 15.4 Å². The van der Waals surface area contributed by atoms with Crippen molar-refractivity contribution in [1.29, 1.82) is 0 Å². The summed E-state index contributed by atoms with van der Waals surface area (Å²) in [4.78, 5) is 50.1. The highest BCUT2D eigenvalue weighted by Gasteiger charge is 2.37. The minimum Gasteiger partial charge on any atom is -0.466 e. The molecule has 3 N–H and O–H groups in total. The number of methoxy groups -OCH3 is 1. The van der Waals surface area contributed by atoms with Crippen LogP contribution in [0.4, 0.5) is 5.69 Å². The number of carbonyl (C=O) groups is 4. The summed E-state index contributed by atoms with van der Waals surface area (Å²) in [5.74, 6) is 3.41. The van der Waals surface area contributed by atoms with E-state index in [2.05, 4.69) is 33.0 Å². The zero-order valence-corrected chi connectivity index (χ0v) is 21.4. The lowest BCUT2D eigenvalue weighted by atomic mass is 9.79. The first-order chi connectivity index (χ1) is 18.2. The second-order valence-electron chi connectivity index (χ2n) is 8.75. The van der Waals surface area contributed by atoms with Gasteiger partial charge in [0.15, 0.2) is 5.78 Å². The maximum atomic E-state index is 13.7. The van der Waals surface area contributed by atoms with E-state index in [-0.39, 0.29) is 17.9 Å². The number of dihydropyridines is 1. The number of rotatable bonds is 5. The molecule has 0 bridgehead atoms. The Morgan fingerprint density at radius 2 is 1.76 bits per heavy atom. The first kappa shape index (κ1) is 26.1. The Hall–Kier alpha value is -4.97. The van der Waals surface area contributed by atoms with Crippen molar-refractivity contribution in [3.8, 4) is 11.8 Å². The molecule has 0 aliphatic carbocycles. The molecule has 9 nitrogen and oxygen atoms in total. The summed E-state index contributed by atoms with van der Waals surface area (Å²) in [6, 6.07) is 14.0. The molecule has 0 fully saturated rings. The Kier molecular flexibility index (Phi) is 7.53. The van der Waals surface area contributed by atoms with Crippen molar-refractivity contribution in [2.75, 3.05) is 12.4 Å². The number of anilines is 1. The van der Waals surface area contributed by atoms with E-state index in [1.807, 2.05) is 24.3 Å². The highest BCUT2D eigenvalue weighted by atomic mass is 16.5. The summed E-state index contributed by atoms with van der Waals surface area (Å²) in [5, 5.41) is 9.88. The van der Waals surface area contributed by atoms with E-state index in [0.717, 1.165) is 11.1 Å². The summed E-state index contributed by atoms with van der Waals surface area (Å²) < 4.78 is 5.07. The quantitative estimate of drug-likeness (QED) is 0.323. The van der Waals surface area contributed by atoms with Crippen molar-refractivity contribution in [2.45, 2.75) is 33.1 Å². The van der Waals surface area contributed by atoms with Crippen molar-refractivity contribution < 1.29 is 23.9 Å². The standard InChI is InChI=1S/C29H26N4O5/c1-5-7-18-8-6-9-20(14-18)26-24(16(2)30-17(3)25(26)29(37)38-4)28(36)31-21-12-10-19(11-13-21)27-22(34)15-23(35)32-33-27/h6,8-14,26,30H,15H2,1-4H3,(H,31,36)(H,32,35). The van der Waals surface area contributed by atoms with Crippen molar-refractivity contribution in [3.63, 3.8) is 0 Å². The van der Waals surface area contributed by atoms with Crippen molar-refractivity contribution in [1.82, 2.24) is 10.7 Å². The minimum atomic E-state index is -0.695. The fraction of sp³-hybridized carbons (Fsp3) is 0.207. The molecule has 0 aromatic heterocycles. The molecule has 1 atom stereocenters. The smallest absolute Gasteiger partial charge is 0.336 e. The fourth-order valence-corrected chi connectivity index (χ4v) is 4.53. The van der Waals surface area contributed by atoms with Gasteiger partial charge in [-0.1, -0.05) is 30.2 Å². The Balaban J connectivity index is 1.68. The molecule has 2 amide bonds. The van der Waals surface area contributed by atoms with Gasteiger partial charge in [0.25, 0.3) is 5.91 Å². The molecule has 9 heteroatoms. The lowest BCUT2D eigenvalue weighted by molar-refractivity contribution is -0.136. The Bertz CT molecular complexity index is 1500. The number of allylic oxidation sites excluding steroid dienone is 2. The molecular formula is C29H26N4O5. The molecule has 2 aliphatic rings. The van der Waals surface area contributed by atoms with Crippen LogP contribution in [-0.4, -0.2) is 36.4 Å². The number of ether oxygens (including phenoxy) is 1. The first-order valence-electron chi connectivity index (χ1n) is 11.8. The average molecular weight is 511 g/mol. The Morgan fingerprint density at radius 3 is 2.42 bits per heavy atom. The molecule has 192 valence electrons. The van der Waals surface area contributed by atoms with Gasteiger partial charge in [-0.2, -0.15) is 5.10 Å². The van der Waals surface area contributed by atoms with Gasteiger partial charge in [0.1, 0.15) is 5.71 Å². The zero-order chi connectivity index (χ0) is 27.4. The van der Waals surface area contributed by atoms with Crippen LogP contribution in [-0.2, 0) is 23.9 Å². The van der Waals surface area contributed by atoms with E-state index in [4.69, 9.17) is 4.74 Å². The number of hydrogen-bond donors (Lipinski definition) is 3. The molecule has 0 radical (unpaired) electrons. The lowest BCUT2D eigenvalue weighted by Crippen LogP contribution is -2.34. The van der Waals surface area contributed by atoms with Crippen LogP contribution < -0.4 is 16.1 Å². The van der Waals surface area contributed by atoms with E-state index in [9.17, 15) is 19.2 Å². The van der Waals surface area contributed by atoms with E-state index in [1.165, 1.54) is 7.11 Å². The van der Waals surface area contributed by atoms with E-state index < -0.39 is 23.7 Å². The van der Waals surface area contributed by atoms with Crippen LogP contribution in [0.25, 0.3) is 0 Å². The molecule has 2 aromatic carbocycles. The molecule has 2 aliphatic heterocycles. The van der Waals surface area contributed by atoms with Gasteiger partial charge in [-0.25, -0.2) is 10.2 Å². The van der Waals surface area contributed by atoms with Gasteiger partial charge >= 0.3 is 5.97 Å². The maximum absolute atomic E-state index is 13.7. The number of nitrogens with one attached hydrogen (secondary N) is 3. The molecular weight excluding hydrogens is 484 g/mol. The molecule has 1 unspecified atom stereocenters. The number of esters is 1. The Morgan fingerprint density at radius 1 is 1.05 bits per heavy atom. The second kappa shape index (κ2) is 11.0. The van der Waals surface area contributed by atoms with Crippen LogP contribution in [0.15, 0.2) is 76.2 Å². The van der Waals surface area contributed by atoms with Crippen LogP contribution in [0.3, 0.4) is 0 Å². The number of hydrazone groups is 1. The summed E-state index contributed by atoms with van der Waals surface area (Å²) in [6.07, 6.45) is -0.264. The third-order valence-electron chi connectivity index (χ3n) is 6.19. The van der Waals surface area contributed by atoms with Crippen LogP contribution in [0.1, 0.15) is 49.8 Å². The van der Waals surface area contributed by atoms with E-state index in [1.54, 1.807) is 45.0 Å².